The fraction of sp³-hybridized carbons (Fsp3) is 0. The van der Waals surface area contributed by atoms with Crippen molar-refractivity contribution in [3.05, 3.63) is 60.2 Å². The first-order chi connectivity index (χ1) is 10.4. The number of amides is 1. The Morgan fingerprint density at radius 2 is 1.77 bits per heavy atom. The molecule has 0 unspecified atom stereocenters. The van der Waals surface area contributed by atoms with Gasteiger partial charge < -0.3 is 0 Å². The number of hydrogen-bond donors (Lipinski definition) is 2. The third kappa shape index (κ3) is 4.50. The van der Waals surface area contributed by atoms with E-state index in [9.17, 15) is 13.2 Å². The Balaban J connectivity index is 2.18. The second-order valence-electron chi connectivity index (χ2n) is 4.28. The number of benzene rings is 2. The van der Waals surface area contributed by atoms with Crippen LogP contribution in [0.3, 0.4) is 0 Å². The number of aliphatic imine (C=N–C) groups is 1. The fourth-order valence-corrected chi connectivity index (χ4v) is 2.60. The van der Waals surface area contributed by atoms with Crippen molar-refractivity contribution in [3.8, 4) is 0 Å². The van der Waals surface area contributed by atoms with E-state index < -0.39 is 10.0 Å². The average molecular weight is 381 g/mol. The number of hydrogen-bond acceptors (Lipinski definition) is 4. The van der Waals surface area contributed by atoms with E-state index in [0.29, 0.717) is 11.3 Å². The summed E-state index contributed by atoms with van der Waals surface area (Å²) in [7, 11) is -3.79. The summed E-state index contributed by atoms with van der Waals surface area (Å²) in [5, 5.41) is 7.64. The summed E-state index contributed by atoms with van der Waals surface area (Å²) in [6, 6.07) is 14.5. The van der Waals surface area contributed by atoms with Crippen molar-refractivity contribution in [2.45, 2.75) is 4.90 Å². The van der Waals surface area contributed by atoms with Gasteiger partial charge in [-0.3, -0.25) is 0 Å². The first-order valence-electron chi connectivity index (χ1n) is 6.11. The predicted molar refractivity (Wildman–Crippen MR) is 84.6 cm³/mol. The number of nitrogens with one attached hydrogen (secondary N) is 1. The molecular weight excluding hydrogens is 369 g/mol. The number of primary sulfonamides is 1. The molecule has 3 N–H and O–H groups in total. The number of nitrogens with two attached hydrogens (primary N) is 1. The van der Waals surface area contributed by atoms with Crippen LogP contribution in [0.2, 0.25) is 0 Å². The minimum atomic E-state index is -3.79. The molecule has 113 valence electrons. The van der Waals surface area contributed by atoms with E-state index in [1.54, 1.807) is 30.3 Å². The summed E-state index contributed by atoms with van der Waals surface area (Å²) in [6.45, 7) is 0. The second kappa shape index (κ2) is 6.85. The van der Waals surface area contributed by atoms with Crippen molar-refractivity contribution in [2.75, 3.05) is 0 Å². The summed E-state index contributed by atoms with van der Waals surface area (Å²) < 4.78 is 22.8. The fourth-order valence-electron chi connectivity index (χ4n) is 1.63. The van der Waals surface area contributed by atoms with E-state index in [2.05, 4.69) is 26.3 Å². The van der Waals surface area contributed by atoms with Crippen molar-refractivity contribution in [1.29, 1.82) is 0 Å². The molecule has 2 rings (SSSR count). The Hall–Kier alpha value is -1.99. The van der Waals surface area contributed by atoms with Crippen molar-refractivity contribution >= 4 is 42.4 Å². The molecule has 0 saturated carbocycles. The van der Waals surface area contributed by atoms with E-state index in [-0.39, 0.29) is 15.5 Å². The van der Waals surface area contributed by atoms with Gasteiger partial charge in [0.1, 0.15) is 0 Å². The topological polar surface area (TPSA) is 102 Å². The summed E-state index contributed by atoms with van der Waals surface area (Å²) in [6.07, 6.45) is 0. The predicted octanol–water partition coefficient (Wildman–Crippen LogP) is 0.920. The molecular formula is C14H12N3O3SSe. The third-order valence-corrected chi connectivity index (χ3v) is 3.95. The van der Waals surface area contributed by atoms with Gasteiger partial charge in [-0.15, -0.1) is 0 Å². The van der Waals surface area contributed by atoms with Gasteiger partial charge in [0.05, 0.1) is 0 Å². The van der Waals surface area contributed by atoms with Crippen LogP contribution >= 0.6 is 0 Å². The molecule has 22 heavy (non-hydrogen) atoms. The molecule has 0 saturated heterocycles. The number of amidine groups is 1. The van der Waals surface area contributed by atoms with E-state index >= 15 is 0 Å². The first-order valence-corrected chi connectivity index (χ1v) is 8.51. The number of rotatable bonds is 3. The average Bonchev–Trinajstić information content (AvgIpc) is 2.47. The van der Waals surface area contributed by atoms with Crippen LogP contribution in [-0.4, -0.2) is 35.1 Å². The van der Waals surface area contributed by atoms with Crippen LogP contribution < -0.4 is 10.5 Å². The molecule has 0 heterocycles. The number of carbonyl (C=O) groups is 1. The molecule has 1 amide bonds. The van der Waals surface area contributed by atoms with E-state index in [1.807, 2.05) is 6.07 Å². The number of nitrogens with zero attached hydrogens (tertiary/aromatic N) is 1. The van der Waals surface area contributed by atoms with Crippen LogP contribution in [0.25, 0.3) is 0 Å². The molecule has 8 heteroatoms. The minimum absolute atomic E-state index is 0.0454. The maximum absolute atomic E-state index is 11.9. The Morgan fingerprint density at radius 3 is 2.41 bits per heavy atom. The molecule has 0 aliphatic heterocycles. The van der Waals surface area contributed by atoms with Crippen LogP contribution in [0.5, 0.6) is 0 Å². The first kappa shape index (κ1) is 16.4. The van der Waals surface area contributed by atoms with Gasteiger partial charge in [0.15, 0.2) is 0 Å². The molecule has 0 fully saturated rings. The maximum atomic E-state index is 11.9. The summed E-state index contributed by atoms with van der Waals surface area (Å²) in [5.74, 6) is -0.319. The SMILES string of the molecule is NS(=O)(=O)c1cccc(N=C([Se])NC(=O)c2ccccc2)c1. The summed E-state index contributed by atoms with van der Waals surface area (Å²) in [4.78, 5) is 16.0. The van der Waals surface area contributed by atoms with Gasteiger partial charge in [-0.05, 0) is 0 Å². The van der Waals surface area contributed by atoms with Crippen molar-refractivity contribution in [2.24, 2.45) is 10.1 Å². The van der Waals surface area contributed by atoms with Gasteiger partial charge >= 0.3 is 136 Å². The summed E-state index contributed by atoms with van der Waals surface area (Å²) >= 11 is 2.62. The molecule has 0 atom stereocenters. The molecule has 2 aromatic carbocycles. The second-order valence-corrected chi connectivity index (χ2v) is 6.65. The Labute approximate surface area is 136 Å². The van der Waals surface area contributed by atoms with Crippen molar-refractivity contribution in [1.82, 2.24) is 5.32 Å². The normalized spacial score (nSPS) is 12.0. The molecule has 0 spiro atoms. The zero-order valence-corrected chi connectivity index (χ0v) is 13.8. The molecule has 0 aliphatic carbocycles. The summed E-state index contributed by atoms with van der Waals surface area (Å²) in [5.41, 5.74) is 0.845. The van der Waals surface area contributed by atoms with Crippen LogP contribution in [0.1, 0.15) is 10.4 Å². The van der Waals surface area contributed by atoms with Gasteiger partial charge in [-0.2, -0.15) is 0 Å². The van der Waals surface area contributed by atoms with E-state index in [4.69, 9.17) is 5.14 Å². The quantitative estimate of drug-likeness (QED) is 0.470. The van der Waals surface area contributed by atoms with Crippen molar-refractivity contribution < 1.29 is 13.2 Å². The molecule has 6 nitrogen and oxygen atoms in total. The Bertz CT molecular complexity index is 820. The van der Waals surface area contributed by atoms with Gasteiger partial charge in [0.25, 0.3) is 0 Å². The standard InChI is InChI=1S/C14H12N3O3SSe/c15-21(19,20)12-8-4-7-11(9-12)16-14(22)17-13(18)10-5-2-1-3-6-10/h1-9H,(H2,15,19,20)(H,16,17,18). The molecule has 2 aromatic rings. The van der Waals surface area contributed by atoms with Crippen LogP contribution in [-0.2, 0) is 10.0 Å². The van der Waals surface area contributed by atoms with Gasteiger partial charge in [-0.1, -0.05) is 0 Å². The third-order valence-electron chi connectivity index (χ3n) is 2.63. The monoisotopic (exact) mass is 382 g/mol. The Kier molecular flexibility index (Phi) is 5.10. The van der Waals surface area contributed by atoms with Crippen LogP contribution in [0.15, 0.2) is 64.5 Å². The number of carbonyl (C=O) groups excluding carboxylic acids is 1. The zero-order valence-electron chi connectivity index (χ0n) is 11.3. The molecule has 0 bridgehead atoms. The molecule has 0 aliphatic rings. The van der Waals surface area contributed by atoms with Gasteiger partial charge in [-0.25, -0.2) is 0 Å². The van der Waals surface area contributed by atoms with Crippen LogP contribution in [0.4, 0.5) is 5.69 Å². The van der Waals surface area contributed by atoms with E-state index in [1.165, 1.54) is 18.2 Å². The Morgan fingerprint density at radius 1 is 1.09 bits per heavy atom. The molecule has 1 radical (unpaired) electrons. The van der Waals surface area contributed by atoms with Crippen LogP contribution in [0, 0.1) is 0 Å². The molecule has 0 aromatic heterocycles. The van der Waals surface area contributed by atoms with Gasteiger partial charge in [0, 0.05) is 0 Å². The van der Waals surface area contributed by atoms with E-state index in [0.717, 1.165) is 0 Å². The van der Waals surface area contributed by atoms with Crippen molar-refractivity contribution in [3.63, 3.8) is 0 Å². The zero-order chi connectivity index (χ0) is 16.2. The number of sulfonamides is 1. The van der Waals surface area contributed by atoms with Gasteiger partial charge in [0.2, 0.25) is 0 Å².